The Bertz CT molecular complexity index is 556. The molecule has 0 amide bonds. The topological polar surface area (TPSA) is 55.0 Å². The molecule has 4 nitrogen and oxygen atoms in total. The number of anilines is 3. The highest BCUT2D eigenvalue weighted by molar-refractivity contribution is 5.61. The molecule has 0 aliphatic heterocycles. The summed E-state index contributed by atoms with van der Waals surface area (Å²) in [5.74, 6) is 1.47. The lowest BCUT2D eigenvalue weighted by molar-refractivity contribution is 0.680. The van der Waals surface area contributed by atoms with Crippen LogP contribution in [0.3, 0.4) is 0 Å². The summed E-state index contributed by atoms with van der Waals surface area (Å²) in [5, 5.41) is 8.78. The second-order valence-corrected chi connectivity index (χ2v) is 5.45. The Balaban J connectivity index is 1.78. The van der Waals surface area contributed by atoms with Gasteiger partial charge in [-0.2, -0.15) is 5.10 Å². The van der Waals surface area contributed by atoms with Crippen molar-refractivity contribution in [1.29, 1.82) is 0 Å². The third-order valence-electron chi connectivity index (χ3n) is 4.07. The molecule has 20 heavy (non-hydrogen) atoms. The van der Waals surface area contributed by atoms with Crippen LogP contribution in [0, 0.1) is 0 Å². The maximum absolute atomic E-state index is 5.71. The second kappa shape index (κ2) is 5.49. The third-order valence-corrected chi connectivity index (χ3v) is 4.07. The predicted octanol–water partition coefficient (Wildman–Crippen LogP) is 3.48. The molecule has 1 saturated carbocycles. The molecule has 1 aliphatic carbocycles. The van der Waals surface area contributed by atoms with Crippen molar-refractivity contribution in [2.24, 2.45) is 0 Å². The minimum absolute atomic E-state index is 0.610. The first-order valence-corrected chi connectivity index (χ1v) is 7.17. The number of nitrogen functional groups attached to an aromatic ring is 1. The molecule has 1 aliphatic rings. The Morgan fingerprint density at radius 2 is 1.70 bits per heavy atom. The molecule has 0 radical (unpaired) electrons. The molecule has 104 valence electrons. The van der Waals surface area contributed by atoms with Crippen LogP contribution < -0.4 is 10.6 Å². The Hall–Kier alpha value is -2.10. The second-order valence-electron chi connectivity index (χ2n) is 5.45. The zero-order chi connectivity index (χ0) is 13.9. The van der Waals surface area contributed by atoms with E-state index in [1.54, 1.807) is 0 Å². The molecule has 4 heteroatoms. The predicted molar refractivity (Wildman–Crippen MR) is 82.2 cm³/mol. The van der Waals surface area contributed by atoms with Crippen molar-refractivity contribution >= 4 is 17.2 Å². The van der Waals surface area contributed by atoms with E-state index in [1.165, 1.54) is 25.7 Å². The summed E-state index contributed by atoms with van der Waals surface area (Å²) in [6, 6.07) is 11.9. The van der Waals surface area contributed by atoms with Gasteiger partial charge in [0.05, 0.1) is 5.69 Å². The van der Waals surface area contributed by atoms with Gasteiger partial charge in [-0.25, -0.2) is 0 Å². The summed E-state index contributed by atoms with van der Waals surface area (Å²) >= 11 is 0. The molecule has 0 unspecified atom stereocenters. The number of nitrogens with zero attached hydrogens (tertiary/aromatic N) is 3. The van der Waals surface area contributed by atoms with Crippen LogP contribution in [0.15, 0.2) is 36.4 Å². The molecule has 0 spiro atoms. The van der Waals surface area contributed by atoms with E-state index in [-0.39, 0.29) is 0 Å². The lowest BCUT2D eigenvalue weighted by Crippen LogP contribution is -2.12. The maximum Gasteiger partial charge on any atom is 0.155 e. The fourth-order valence-corrected chi connectivity index (χ4v) is 2.78. The van der Waals surface area contributed by atoms with Crippen molar-refractivity contribution in [3.8, 4) is 0 Å². The summed E-state index contributed by atoms with van der Waals surface area (Å²) < 4.78 is 0. The monoisotopic (exact) mass is 268 g/mol. The van der Waals surface area contributed by atoms with Crippen molar-refractivity contribution in [2.75, 3.05) is 17.7 Å². The molecule has 1 fully saturated rings. The summed E-state index contributed by atoms with van der Waals surface area (Å²) in [5.41, 5.74) is 8.67. The minimum atomic E-state index is 0.610. The smallest absolute Gasteiger partial charge is 0.155 e. The van der Waals surface area contributed by atoms with Gasteiger partial charge in [-0.05, 0) is 49.2 Å². The van der Waals surface area contributed by atoms with Gasteiger partial charge in [-0.1, -0.05) is 12.8 Å². The molecule has 0 atom stereocenters. The number of benzene rings is 1. The van der Waals surface area contributed by atoms with Crippen LogP contribution >= 0.6 is 0 Å². The van der Waals surface area contributed by atoms with E-state index < -0.39 is 0 Å². The van der Waals surface area contributed by atoms with Crippen molar-refractivity contribution < 1.29 is 0 Å². The average molecular weight is 268 g/mol. The number of aromatic nitrogens is 2. The number of rotatable bonds is 3. The molecule has 1 aromatic heterocycles. The van der Waals surface area contributed by atoms with Crippen molar-refractivity contribution in [3.05, 3.63) is 42.1 Å². The molecule has 2 N–H and O–H groups in total. The van der Waals surface area contributed by atoms with Gasteiger partial charge in [0.2, 0.25) is 0 Å². The fraction of sp³-hybridized carbons (Fsp3) is 0.375. The van der Waals surface area contributed by atoms with E-state index in [0.29, 0.717) is 5.92 Å². The molecular weight excluding hydrogens is 248 g/mol. The SMILES string of the molecule is CN(c1ccc(N)cc1)c1ccc(C2CCCC2)nn1. The number of hydrogen-bond acceptors (Lipinski definition) is 4. The van der Waals surface area contributed by atoms with Crippen molar-refractivity contribution in [1.82, 2.24) is 10.2 Å². The molecule has 1 heterocycles. The molecule has 3 rings (SSSR count). The van der Waals surface area contributed by atoms with Gasteiger partial charge >= 0.3 is 0 Å². The average Bonchev–Trinajstić information content (AvgIpc) is 3.02. The normalized spacial score (nSPS) is 15.4. The van der Waals surface area contributed by atoms with Crippen molar-refractivity contribution in [2.45, 2.75) is 31.6 Å². The van der Waals surface area contributed by atoms with E-state index in [2.05, 4.69) is 22.3 Å². The van der Waals surface area contributed by atoms with Gasteiger partial charge in [0.25, 0.3) is 0 Å². The Kier molecular flexibility index (Phi) is 3.54. The molecule has 0 saturated heterocycles. The highest BCUT2D eigenvalue weighted by atomic mass is 15.2. The summed E-state index contributed by atoms with van der Waals surface area (Å²) in [4.78, 5) is 2.02. The molecular formula is C16H20N4. The first-order valence-electron chi connectivity index (χ1n) is 7.17. The Morgan fingerprint density at radius 3 is 2.30 bits per heavy atom. The van der Waals surface area contributed by atoms with Crippen LogP contribution in [0.25, 0.3) is 0 Å². The number of hydrogen-bond donors (Lipinski definition) is 1. The summed E-state index contributed by atoms with van der Waals surface area (Å²) in [6.45, 7) is 0. The van der Waals surface area contributed by atoms with Crippen LogP contribution in [0.2, 0.25) is 0 Å². The van der Waals surface area contributed by atoms with E-state index >= 15 is 0 Å². The van der Waals surface area contributed by atoms with E-state index in [0.717, 1.165) is 22.9 Å². The van der Waals surface area contributed by atoms with E-state index in [9.17, 15) is 0 Å². The maximum atomic E-state index is 5.71. The molecule has 1 aromatic carbocycles. The van der Waals surface area contributed by atoms with Crippen LogP contribution in [0.4, 0.5) is 17.2 Å². The lowest BCUT2D eigenvalue weighted by atomic mass is 10.0. The van der Waals surface area contributed by atoms with Gasteiger partial charge in [0.1, 0.15) is 0 Å². The van der Waals surface area contributed by atoms with Crippen LogP contribution in [0.1, 0.15) is 37.3 Å². The van der Waals surface area contributed by atoms with Gasteiger partial charge < -0.3 is 10.6 Å². The quantitative estimate of drug-likeness (QED) is 0.866. The van der Waals surface area contributed by atoms with Gasteiger partial charge in [0, 0.05) is 24.3 Å². The minimum Gasteiger partial charge on any atom is -0.399 e. The van der Waals surface area contributed by atoms with E-state index in [4.69, 9.17) is 5.73 Å². The summed E-state index contributed by atoms with van der Waals surface area (Å²) in [7, 11) is 1.99. The van der Waals surface area contributed by atoms with Gasteiger partial charge in [0.15, 0.2) is 5.82 Å². The van der Waals surface area contributed by atoms with Crippen LogP contribution in [0.5, 0.6) is 0 Å². The zero-order valence-electron chi connectivity index (χ0n) is 11.8. The first-order chi connectivity index (χ1) is 9.74. The highest BCUT2D eigenvalue weighted by Crippen LogP contribution is 2.33. The Morgan fingerprint density at radius 1 is 1.00 bits per heavy atom. The number of nitrogens with two attached hydrogens (primary N) is 1. The van der Waals surface area contributed by atoms with Gasteiger partial charge in [-0.3, -0.25) is 0 Å². The molecule has 2 aromatic rings. The van der Waals surface area contributed by atoms with Crippen molar-refractivity contribution in [3.63, 3.8) is 0 Å². The highest BCUT2D eigenvalue weighted by Gasteiger charge is 2.19. The largest absolute Gasteiger partial charge is 0.399 e. The lowest BCUT2D eigenvalue weighted by Gasteiger charge is -2.18. The van der Waals surface area contributed by atoms with E-state index in [1.807, 2.05) is 36.2 Å². The standard InChI is InChI=1S/C16H20N4/c1-20(14-8-6-13(17)7-9-14)16-11-10-15(18-19-16)12-4-2-3-5-12/h6-12H,2-5,17H2,1H3. The Labute approximate surface area is 119 Å². The van der Waals surface area contributed by atoms with Gasteiger partial charge in [-0.15, -0.1) is 5.10 Å². The fourth-order valence-electron chi connectivity index (χ4n) is 2.78. The first kappa shape index (κ1) is 12.9. The third kappa shape index (κ3) is 2.59. The molecule has 0 bridgehead atoms. The summed E-state index contributed by atoms with van der Waals surface area (Å²) in [6.07, 6.45) is 5.14. The zero-order valence-corrected chi connectivity index (χ0v) is 11.8. The van der Waals surface area contributed by atoms with Crippen LogP contribution in [-0.2, 0) is 0 Å². The van der Waals surface area contributed by atoms with Crippen LogP contribution in [-0.4, -0.2) is 17.2 Å².